The topological polar surface area (TPSA) is 21.3 Å². The van der Waals surface area contributed by atoms with Crippen molar-refractivity contribution >= 4 is 0 Å². The quantitative estimate of drug-likeness (QED) is 0.873. The van der Waals surface area contributed by atoms with Gasteiger partial charge in [-0.1, -0.05) is 25.1 Å². The van der Waals surface area contributed by atoms with E-state index in [1.807, 2.05) is 6.07 Å². The van der Waals surface area contributed by atoms with E-state index in [0.29, 0.717) is 0 Å². The predicted octanol–water partition coefficient (Wildman–Crippen LogP) is 4.47. The summed E-state index contributed by atoms with van der Waals surface area (Å²) in [7, 11) is 0. The Balaban J connectivity index is 1.74. The first-order chi connectivity index (χ1) is 10.3. The van der Waals surface area contributed by atoms with E-state index in [-0.39, 0.29) is 0 Å². The van der Waals surface area contributed by atoms with Crippen molar-refractivity contribution in [1.82, 2.24) is 5.32 Å². The molecule has 0 bridgehead atoms. The number of benzene rings is 2. The second-order valence-corrected chi connectivity index (χ2v) is 5.67. The molecule has 3 rings (SSSR count). The van der Waals surface area contributed by atoms with E-state index < -0.39 is 0 Å². The first-order valence-corrected chi connectivity index (χ1v) is 7.94. The molecule has 0 atom stereocenters. The summed E-state index contributed by atoms with van der Waals surface area (Å²) < 4.78 is 6.04. The third-order valence-electron chi connectivity index (χ3n) is 4.03. The fourth-order valence-electron chi connectivity index (χ4n) is 2.90. The zero-order valence-corrected chi connectivity index (χ0v) is 12.7. The van der Waals surface area contributed by atoms with E-state index in [4.69, 9.17) is 4.74 Å². The average molecular weight is 281 g/mol. The van der Waals surface area contributed by atoms with Crippen molar-refractivity contribution in [2.24, 2.45) is 0 Å². The van der Waals surface area contributed by atoms with Crippen LogP contribution in [0, 0.1) is 0 Å². The van der Waals surface area contributed by atoms with Gasteiger partial charge in [0.15, 0.2) is 0 Å². The van der Waals surface area contributed by atoms with Gasteiger partial charge in [-0.15, -0.1) is 0 Å². The van der Waals surface area contributed by atoms with Crippen LogP contribution in [0.15, 0.2) is 42.5 Å². The van der Waals surface area contributed by atoms with Gasteiger partial charge in [-0.2, -0.15) is 0 Å². The molecule has 0 aromatic heterocycles. The van der Waals surface area contributed by atoms with E-state index >= 15 is 0 Å². The second kappa shape index (κ2) is 6.77. The molecular formula is C19H23NO. The molecule has 2 heteroatoms. The Hall–Kier alpha value is -1.80. The lowest BCUT2D eigenvalue weighted by molar-refractivity contribution is 0.479. The summed E-state index contributed by atoms with van der Waals surface area (Å²) in [6.07, 6.45) is 5.02. The van der Waals surface area contributed by atoms with Crippen LogP contribution in [0.2, 0.25) is 0 Å². The Kier molecular flexibility index (Phi) is 4.56. The molecule has 0 amide bonds. The maximum Gasteiger partial charge on any atom is 0.127 e. The minimum absolute atomic E-state index is 0.887. The second-order valence-electron chi connectivity index (χ2n) is 5.67. The van der Waals surface area contributed by atoms with Crippen molar-refractivity contribution in [3.8, 4) is 11.5 Å². The van der Waals surface area contributed by atoms with Crippen LogP contribution < -0.4 is 10.1 Å². The Morgan fingerprint density at radius 1 is 0.952 bits per heavy atom. The number of fused-ring (bicyclic) bond motifs is 1. The van der Waals surface area contributed by atoms with Crippen molar-refractivity contribution in [3.63, 3.8) is 0 Å². The van der Waals surface area contributed by atoms with Crippen LogP contribution in [-0.4, -0.2) is 6.54 Å². The highest BCUT2D eigenvalue weighted by atomic mass is 16.5. The van der Waals surface area contributed by atoms with Crippen LogP contribution in [0.4, 0.5) is 0 Å². The third-order valence-corrected chi connectivity index (χ3v) is 4.03. The maximum atomic E-state index is 6.04. The molecule has 0 unspecified atom stereocenters. The lowest BCUT2D eigenvalue weighted by Crippen LogP contribution is -2.11. The van der Waals surface area contributed by atoms with Crippen molar-refractivity contribution in [2.75, 3.05) is 6.54 Å². The van der Waals surface area contributed by atoms with Crippen molar-refractivity contribution in [2.45, 2.75) is 39.2 Å². The van der Waals surface area contributed by atoms with Gasteiger partial charge in [0.1, 0.15) is 11.5 Å². The zero-order valence-electron chi connectivity index (χ0n) is 12.7. The number of hydrogen-bond acceptors (Lipinski definition) is 2. The van der Waals surface area contributed by atoms with Crippen LogP contribution in [0.3, 0.4) is 0 Å². The lowest BCUT2D eigenvalue weighted by atomic mass is 9.92. The van der Waals surface area contributed by atoms with E-state index in [2.05, 4.69) is 48.6 Å². The maximum absolute atomic E-state index is 6.04. The van der Waals surface area contributed by atoms with E-state index in [9.17, 15) is 0 Å². The van der Waals surface area contributed by atoms with Crippen LogP contribution in [-0.2, 0) is 19.4 Å². The Morgan fingerprint density at radius 2 is 1.76 bits per heavy atom. The summed E-state index contributed by atoms with van der Waals surface area (Å²) in [4.78, 5) is 0. The molecule has 0 saturated carbocycles. The molecule has 1 aliphatic rings. The summed E-state index contributed by atoms with van der Waals surface area (Å²) in [6, 6.07) is 14.9. The van der Waals surface area contributed by atoms with Gasteiger partial charge in [-0.3, -0.25) is 0 Å². The molecule has 0 heterocycles. The van der Waals surface area contributed by atoms with Crippen LogP contribution in [0.1, 0.15) is 36.5 Å². The highest BCUT2D eigenvalue weighted by molar-refractivity contribution is 5.40. The van der Waals surface area contributed by atoms with Gasteiger partial charge in [0.05, 0.1) is 0 Å². The van der Waals surface area contributed by atoms with Gasteiger partial charge in [0, 0.05) is 6.54 Å². The Labute approximate surface area is 127 Å². The molecule has 2 nitrogen and oxygen atoms in total. The smallest absolute Gasteiger partial charge is 0.127 e. The number of nitrogens with one attached hydrogen (secondary N) is 1. The fraction of sp³-hybridized carbons (Fsp3) is 0.368. The van der Waals surface area contributed by atoms with Crippen molar-refractivity contribution in [1.29, 1.82) is 0 Å². The van der Waals surface area contributed by atoms with E-state index in [1.54, 1.807) is 0 Å². The molecule has 1 aliphatic carbocycles. The SMILES string of the molecule is CCNCc1cccc(Oc2ccc3c(c2)CCCC3)c1. The molecule has 0 spiro atoms. The van der Waals surface area contributed by atoms with Crippen LogP contribution in [0.5, 0.6) is 11.5 Å². The minimum Gasteiger partial charge on any atom is -0.457 e. The van der Waals surface area contributed by atoms with Gasteiger partial charge < -0.3 is 10.1 Å². The molecule has 2 aromatic carbocycles. The number of ether oxygens (including phenoxy) is 1. The largest absolute Gasteiger partial charge is 0.457 e. The minimum atomic E-state index is 0.887. The predicted molar refractivity (Wildman–Crippen MR) is 87.0 cm³/mol. The molecule has 2 aromatic rings. The summed E-state index contributed by atoms with van der Waals surface area (Å²) in [5, 5.41) is 3.34. The molecule has 21 heavy (non-hydrogen) atoms. The monoisotopic (exact) mass is 281 g/mol. The fourth-order valence-corrected chi connectivity index (χ4v) is 2.90. The highest BCUT2D eigenvalue weighted by Gasteiger charge is 2.10. The number of aryl methyl sites for hydroxylation is 2. The van der Waals surface area contributed by atoms with Crippen LogP contribution in [0.25, 0.3) is 0 Å². The first kappa shape index (κ1) is 14.2. The molecule has 110 valence electrons. The summed E-state index contributed by atoms with van der Waals surface area (Å²) >= 11 is 0. The molecule has 0 fully saturated rings. The summed E-state index contributed by atoms with van der Waals surface area (Å²) in [5.41, 5.74) is 4.21. The zero-order chi connectivity index (χ0) is 14.5. The molecule has 0 saturated heterocycles. The van der Waals surface area contributed by atoms with Gasteiger partial charge in [-0.05, 0) is 73.2 Å². The van der Waals surface area contributed by atoms with Gasteiger partial charge in [0.25, 0.3) is 0 Å². The van der Waals surface area contributed by atoms with Crippen molar-refractivity contribution in [3.05, 3.63) is 59.2 Å². The van der Waals surface area contributed by atoms with E-state index in [1.165, 1.54) is 42.4 Å². The first-order valence-electron chi connectivity index (χ1n) is 7.94. The Morgan fingerprint density at radius 3 is 2.62 bits per heavy atom. The molecule has 0 aliphatic heterocycles. The Bertz CT molecular complexity index is 606. The molecule has 0 radical (unpaired) electrons. The van der Waals surface area contributed by atoms with Gasteiger partial charge in [0.2, 0.25) is 0 Å². The van der Waals surface area contributed by atoms with E-state index in [0.717, 1.165) is 24.6 Å². The highest BCUT2D eigenvalue weighted by Crippen LogP contribution is 2.28. The lowest BCUT2D eigenvalue weighted by Gasteiger charge is -2.17. The number of rotatable bonds is 5. The summed E-state index contributed by atoms with van der Waals surface area (Å²) in [5.74, 6) is 1.87. The van der Waals surface area contributed by atoms with Crippen LogP contribution >= 0.6 is 0 Å². The number of hydrogen-bond donors (Lipinski definition) is 1. The van der Waals surface area contributed by atoms with Crippen molar-refractivity contribution < 1.29 is 4.74 Å². The third kappa shape index (κ3) is 3.64. The standard InChI is InChI=1S/C19H23NO/c1-2-20-14-15-6-5-9-18(12-15)21-19-11-10-16-7-3-4-8-17(16)13-19/h5-6,9-13,20H,2-4,7-8,14H2,1H3. The molecular weight excluding hydrogens is 258 g/mol. The normalized spacial score (nSPS) is 13.8. The van der Waals surface area contributed by atoms with Gasteiger partial charge >= 0.3 is 0 Å². The van der Waals surface area contributed by atoms with Gasteiger partial charge in [-0.25, -0.2) is 0 Å². The summed E-state index contributed by atoms with van der Waals surface area (Å²) in [6.45, 7) is 3.99. The average Bonchev–Trinajstić information content (AvgIpc) is 2.53. The molecule has 1 N–H and O–H groups in total.